The number of halogens is 3. The molecule has 0 radical (unpaired) electrons. The van der Waals surface area contributed by atoms with Crippen LogP contribution in [0.1, 0.15) is 44.3 Å². The molecule has 1 aromatic rings. The summed E-state index contributed by atoms with van der Waals surface area (Å²) in [6.07, 6.45) is 2.48. The maximum atomic E-state index is 14.2. The second-order valence-corrected chi connectivity index (χ2v) is 6.10. The van der Waals surface area contributed by atoms with Gasteiger partial charge in [-0.2, -0.15) is 0 Å². The van der Waals surface area contributed by atoms with Gasteiger partial charge in [-0.1, -0.05) is 30.5 Å². The van der Waals surface area contributed by atoms with Crippen molar-refractivity contribution in [2.45, 2.75) is 44.3 Å². The van der Waals surface area contributed by atoms with Crippen molar-refractivity contribution >= 4 is 27.5 Å². The molecule has 0 bridgehead atoms. The SMILES string of the molecule is CCOC1(C(O)c2ccc(Br)c(Cl)c2F)CCCC1. The molecule has 1 saturated carbocycles. The first-order chi connectivity index (χ1) is 9.02. The van der Waals surface area contributed by atoms with E-state index in [1.54, 1.807) is 12.1 Å². The average molecular weight is 352 g/mol. The standard InChI is InChI=1S/C14H17BrClFO2/c1-2-19-14(7-3-4-8-14)13(18)9-5-6-10(15)11(16)12(9)17/h5-6,13,18H,2-4,7-8H2,1H3. The van der Waals surface area contributed by atoms with Crippen molar-refractivity contribution < 1.29 is 14.2 Å². The monoisotopic (exact) mass is 350 g/mol. The number of hydrogen-bond acceptors (Lipinski definition) is 2. The third-order valence-electron chi connectivity index (χ3n) is 3.74. The van der Waals surface area contributed by atoms with Gasteiger partial charge in [-0.25, -0.2) is 4.39 Å². The minimum atomic E-state index is -0.986. The molecule has 1 fully saturated rings. The molecule has 19 heavy (non-hydrogen) atoms. The Labute approximate surface area is 126 Å². The van der Waals surface area contributed by atoms with Gasteiger partial charge in [-0.15, -0.1) is 0 Å². The maximum Gasteiger partial charge on any atom is 0.148 e. The van der Waals surface area contributed by atoms with E-state index < -0.39 is 17.5 Å². The van der Waals surface area contributed by atoms with Crippen molar-refractivity contribution in [3.8, 4) is 0 Å². The second kappa shape index (κ2) is 6.08. The van der Waals surface area contributed by atoms with Gasteiger partial charge in [0.15, 0.2) is 0 Å². The minimum Gasteiger partial charge on any atom is -0.385 e. The Morgan fingerprint density at radius 1 is 1.47 bits per heavy atom. The normalized spacial score (nSPS) is 19.6. The zero-order chi connectivity index (χ0) is 14.0. The molecule has 1 aliphatic rings. The largest absolute Gasteiger partial charge is 0.385 e. The van der Waals surface area contributed by atoms with E-state index in [4.69, 9.17) is 16.3 Å². The third-order valence-corrected chi connectivity index (χ3v) is 5.00. The van der Waals surface area contributed by atoms with Crippen LogP contribution in [0.5, 0.6) is 0 Å². The fourth-order valence-corrected chi connectivity index (χ4v) is 3.27. The number of hydrogen-bond donors (Lipinski definition) is 1. The fourth-order valence-electron chi connectivity index (χ4n) is 2.79. The van der Waals surface area contributed by atoms with Crippen molar-refractivity contribution in [2.24, 2.45) is 0 Å². The highest BCUT2D eigenvalue weighted by Crippen LogP contribution is 2.44. The number of aliphatic hydroxyl groups excluding tert-OH is 1. The Bertz CT molecular complexity index is 461. The van der Waals surface area contributed by atoms with Crippen LogP contribution in [-0.4, -0.2) is 17.3 Å². The molecule has 106 valence electrons. The summed E-state index contributed by atoms with van der Waals surface area (Å²) < 4.78 is 20.4. The van der Waals surface area contributed by atoms with Crippen molar-refractivity contribution in [1.29, 1.82) is 0 Å². The van der Waals surface area contributed by atoms with Gasteiger partial charge in [0.2, 0.25) is 0 Å². The number of benzene rings is 1. The van der Waals surface area contributed by atoms with Crippen molar-refractivity contribution in [2.75, 3.05) is 6.61 Å². The molecule has 0 aliphatic heterocycles. The lowest BCUT2D eigenvalue weighted by molar-refractivity contribution is -0.119. The molecule has 2 rings (SSSR count). The lowest BCUT2D eigenvalue weighted by Crippen LogP contribution is -2.37. The topological polar surface area (TPSA) is 29.5 Å². The van der Waals surface area contributed by atoms with Gasteiger partial charge < -0.3 is 9.84 Å². The van der Waals surface area contributed by atoms with E-state index in [-0.39, 0.29) is 10.6 Å². The summed E-state index contributed by atoms with van der Waals surface area (Å²) in [7, 11) is 0. The third kappa shape index (κ3) is 2.82. The molecular formula is C14H17BrClFO2. The van der Waals surface area contributed by atoms with E-state index in [1.807, 2.05) is 6.92 Å². The smallest absolute Gasteiger partial charge is 0.148 e. The Morgan fingerprint density at radius 3 is 2.68 bits per heavy atom. The van der Waals surface area contributed by atoms with Gasteiger partial charge >= 0.3 is 0 Å². The minimum absolute atomic E-state index is 0.00111. The zero-order valence-corrected chi connectivity index (χ0v) is 13.1. The number of aliphatic hydroxyl groups is 1. The molecule has 0 aromatic heterocycles. The average Bonchev–Trinajstić information content (AvgIpc) is 2.86. The molecule has 5 heteroatoms. The summed E-state index contributed by atoms with van der Waals surface area (Å²) in [5.41, 5.74) is -0.462. The zero-order valence-electron chi connectivity index (χ0n) is 10.8. The van der Waals surface area contributed by atoms with Crippen molar-refractivity contribution in [3.63, 3.8) is 0 Å². The second-order valence-electron chi connectivity index (χ2n) is 4.87. The molecule has 0 heterocycles. The molecule has 0 amide bonds. The summed E-state index contributed by atoms with van der Waals surface area (Å²) in [4.78, 5) is 0. The van der Waals surface area contributed by atoms with Crippen LogP contribution in [0.3, 0.4) is 0 Å². The molecule has 1 unspecified atom stereocenters. The highest BCUT2D eigenvalue weighted by molar-refractivity contribution is 9.10. The van der Waals surface area contributed by atoms with E-state index >= 15 is 0 Å². The van der Waals surface area contributed by atoms with Crippen LogP contribution in [-0.2, 0) is 4.74 Å². The Morgan fingerprint density at radius 2 is 2.11 bits per heavy atom. The van der Waals surface area contributed by atoms with Crippen LogP contribution < -0.4 is 0 Å². The van der Waals surface area contributed by atoms with Crippen LogP contribution in [0, 0.1) is 5.82 Å². The van der Waals surface area contributed by atoms with Gasteiger partial charge in [-0.3, -0.25) is 0 Å². The van der Waals surface area contributed by atoms with Crippen LogP contribution >= 0.6 is 27.5 Å². The maximum absolute atomic E-state index is 14.2. The van der Waals surface area contributed by atoms with Crippen LogP contribution in [0.25, 0.3) is 0 Å². The van der Waals surface area contributed by atoms with Crippen LogP contribution in [0.15, 0.2) is 16.6 Å². The van der Waals surface area contributed by atoms with Gasteiger partial charge in [0.25, 0.3) is 0 Å². The lowest BCUT2D eigenvalue weighted by Gasteiger charge is -2.34. The molecule has 1 N–H and O–H groups in total. The number of rotatable bonds is 4. The quantitative estimate of drug-likeness (QED) is 0.802. The predicted molar refractivity (Wildman–Crippen MR) is 76.9 cm³/mol. The summed E-state index contributed by atoms with van der Waals surface area (Å²) in [6, 6.07) is 3.22. The molecule has 1 atom stereocenters. The molecule has 1 aliphatic carbocycles. The first kappa shape index (κ1) is 15.2. The van der Waals surface area contributed by atoms with Gasteiger partial charge in [-0.05, 0) is 41.8 Å². The molecular weight excluding hydrogens is 335 g/mol. The highest BCUT2D eigenvalue weighted by Gasteiger charge is 2.43. The van der Waals surface area contributed by atoms with E-state index in [2.05, 4.69) is 15.9 Å². The van der Waals surface area contributed by atoms with E-state index in [1.165, 1.54) is 0 Å². The van der Waals surface area contributed by atoms with Gasteiger partial charge in [0.05, 0.1) is 10.6 Å². The molecule has 0 spiro atoms. The van der Waals surface area contributed by atoms with Gasteiger partial charge in [0.1, 0.15) is 11.9 Å². The van der Waals surface area contributed by atoms with E-state index in [0.717, 1.165) is 25.7 Å². The van der Waals surface area contributed by atoms with Crippen molar-refractivity contribution in [1.82, 2.24) is 0 Å². The first-order valence-electron chi connectivity index (χ1n) is 6.47. The Balaban J connectivity index is 2.37. The Hall–Kier alpha value is -0.160. The lowest BCUT2D eigenvalue weighted by atomic mass is 9.89. The van der Waals surface area contributed by atoms with E-state index in [9.17, 15) is 9.50 Å². The van der Waals surface area contributed by atoms with E-state index in [0.29, 0.717) is 11.1 Å². The summed E-state index contributed by atoms with van der Waals surface area (Å²) >= 11 is 9.05. The predicted octanol–water partition coefficient (Wildman–Crippen LogP) is 4.62. The van der Waals surface area contributed by atoms with Gasteiger partial charge in [0, 0.05) is 16.6 Å². The molecule has 1 aromatic carbocycles. The number of ether oxygens (including phenoxy) is 1. The van der Waals surface area contributed by atoms with Crippen molar-refractivity contribution in [3.05, 3.63) is 33.0 Å². The molecule has 0 saturated heterocycles. The summed E-state index contributed by atoms with van der Waals surface area (Å²) in [5, 5.41) is 10.6. The summed E-state index contributed by atoms with van der Waals surface area (Å²) in [5.74, 6) is -0.575. The molecule has 2 nitrogen and oxygen atoms in total. The first-order valence-corrected chi connectivity index (χ1v) is 7.64. The van der Waals surface area contributed by atoms with Crippen LogP contribution in [0.2, 0.25) is 5.02 Å². The fraction of sp³-hybridized carbons (Fsp3) is 0.571. The highest BCUT2D eigenvalue weighted by atomic mass is 79.9. The summed E-state index contributed by atoms with van der Waals surface area (Å²) in [6.45, 7) is 2.39. The Kier molecular flexibility index (Phi) is 4.88. The van der Waals surface area contributed by atoms with Crippen LogP contribution in [0.4, 0.5) is 4.39 Å².